The van der Waals surface area contributed by atoms with Crippen LogP contribution in [-0.2, 0) is 10.3 Å². The zero-order chi connectivity index (χ0) is 22.3. The second-order valence-corrected chi connectivity index (χ2v) is 7.47. The highest BCUT2D eigenvalue weighted by Gasteiger charge is 2.49. The Morgan fingerprint density at radius 1 is 1.37 bits per heavy atom. The zero-order valence-electron chi connectivity index (χ0n) is 15.8. The lowest BCUT2D eigenvalue weighted by Gasteiger charge is -2.37. The largest absolute Gasteiger partial charge is 0.454 e. The van der Waals surface area contributed by atoms with Crippen LogP contribution >= 0.6 is 11.6 Å². The van der Waals surface area contributed by atoms with Crippen molar-refractivity contribution in [1.29, 1.82) is 0 Å². The number of amides is 1. The molecule has 1 amide bonds. The summed E-state index contributed by atoms with van der Waals surface area (Å²) in [5, 5.41) is 2.90. The van der Waals surface area contributed by atoms with E-state index in [1.807, 2.05) is 0 Å². The molecule has 30 heavy (non-hydrogen) atoms. The summed E-state index contributed by atoms with van der Waals surface area (Å²) in [6, 6.07) is 2.20. The summed E-state index contributed by atoms with van der Waals surface area (Å²) in [7, 11) is 0. The number of nitrogens with two attached hydrogens (primary N) is 1. The molecule has 1 aromatic heterocycles. The summed E-state index contributed by atoms with van der Waals surface area (Å²) in [6.45, 7) is 2.92. The Hall–Kier alpha value is -2.88. The fraction of sp³-hybridized carbons (Fsp3) is 0.316. The Bertz CT molecular complexity index is 1030. The van der Waals surface area contributed by atoms with Gasteiger partial charge in [0.1, 0.15) is 17.1 Å². The van der Waals surface area contributed by atoms with Crippen LogP contribution in [-0.4, -0.2) is 29.1 Å². The number of nitrogens with zero attached hydrogens (tertiary/aromatic N) is 2. The van der Waals surface area contributed by atoms with E-state index >= 15 is 0 Å². The number of amidine groups is 1. The van der Waals surface area contributed by atoms with Gasteiger partial charge in [-0.1, -0.05) is 11.6 Å². The molecule has 1 aromatic carbocycles. The highest BCUT2D eigenvalue weighted by Crippen LogP contribution is 2.41. The quantitative estimate of drug-likeness (QED) is 0.690. The number of carbonyl (C=O) groups excluding carboxylic acids is 1. The van der Waals surface area contributed by atoms with Gasteiger partial charge in [-0.25, -0.2) is 14.4 Å². The number of benzene rings is 1. The Kier molecular flexibility index (Phi) is 5.64. The maximum absolute atomic E-state index is 14.5. The van der Waals surface area contributed by atoms with E-state index < -0.39 is 42.0 Å². The summed E-state index contributed by atoms with van der Waals surface area (Å²) in [5.41, 5.74) is 4.23. The van der Waals surface area contributed by atoms with E-state index in [-0.39, 0.29) is 16.9 Å². The number of halogens is 5. The van der Waals surface area contributed by atoms with Crippen molar-refractivity contribution >= 4 is 29.2 Å². The zero-order valence-corrected chi connectivity index (χ0v) is 16.6. The third-order valence-electron chi connectivity index (χ3n) is 4.63. The van der Waals surface area contributed by atoms with Crippen molar-refractivity contribution in [1.82, 2.24) is 4.98 Å². The molecule has 2 aromatic rings. The van der Waals surface area contributed by atoms with E-state index in [4.69, 9.17) is 22.1 Å². The van der Waals surface area contributed by atoms with E-state index in [2.05, 4.69) is 15.3 Å². The number of aryl methyl sites for hydroxylation is 1. The van der Waals surface area contributed by atoms with Crippen molar-refractivity contribution < 1.29 is 27.1 Å². The molecular formula is C19H17ClF4N4O2. The number of hydrogen-bond acceptors (Lipinski definition) is 5. The van der Waals surface area contributed by atoms with Crippen molar-refractivity contribution in [3.05, 3.63) is 58.1 Å². The first-order valence-electron chi connectivity index (χ1n) is 8.71. The van der Waals surface area contributed by atoms with Gasteiger partial charge in [-0.3, -0.25) is 4.79 Å². The predicted molar refractivity (Wildman–Crippen MR) is 103 cm³/mol. The lowest BCUT2D eigenvalue weighted by Crippen LogP contribution is -2.46. The van der Waals surface area contributed by atoms with Crippen LogP contribution < -0.4 is 11.1 Å². The normalized spacial score (nSPS) is 21.6. The molecule has 2 atom stereocenters. The second-order valence-electron chi connectivity index (χ2n) is 7.03. The number of aliphatic imine (C=N–C) groups is 1. The highest BCUT2D eigenvalue weighted by molar-refractivity contribution is 6.30. The molecule has 0 bridgehead atoms. The topological polar surface area (TPSA) is 89.6 Å². The van der Waals surface area contributed by atoms with Gasteiger partial charge in [0.2, 0.25) is 0 Å². The average Bonchev–Trinajstić information content (AvgIpc) is 2.61. The molecule has 0 spiro atoms. The SMILES string of the molecule is Cc1cc(Cl)cnc1C(=O)Nc1ccc(F)c([C@]2(C)C[C@@H](C(F)(F)F)N=C(N)O2)c1. The molecule has 3 N–H and O–H groups in total. The lowest BCUT2D eigenvalue weighted by molar-refractivity contribution is -0.164. The van der Waals surface area contributed by atoms with Gasteiger partial charge >= 0.3 is 6.18 Å². The molecule has 2 heterocycles. The molecule has 6 nitrogen and oxygen atoms in total. The van der Waals surface area contributed by atoms with Gasteiger partial charge in [0.25, 0.3) is 11.9 Å². The van der Waals surface area contributed by atoms with Crippen molar-refractivity contribution in [3.63, 3.8) is 0 Å². The number of anilines is 1. The minimum absolute atomic E-state index is 0.0962. The summed E-state index contributed by atoms with van der Waals surface area (Å²) in [5.74, 6) is -1.40. The first kappa shape index (κ1) is 21.8. The van der Waals surface area contributed by atoms with Gasteiger partial charge in [0.15, 0.2) is 6.04 Å². The highest BCUT2D eigenvalue weighted by atomic mass is 35.5. The molecule has 0 fully saturated rings. The number of ether oxygens (including phenoxy) is 1. The number of nitrogens with one attached hydrogen (secondary N) is 1. The number of rotatable bonds is 3. The van der Waals surface area contributed by atoms with Crippen LogP contribution in [0.15, 0.2) is 35.5 Å². The average molecular weight is 445 g/mol. The summed E-state index contributed by atoms with van der Waals surface area (Å²) < 4.78 is 59.4. The van der Waals surface area contributed by atoms with Crippen molar-refractivity contribution in [3.8, 4) is 0 Å². The Labute approximate surface area is 174 Å². The maximum atomic E-state index is 14.5. The molecule has 160 valence electrons. The van der Waals surface area contributed by atoms with Crippen molar-refractivity contribution in [2.24, 2.45) is 10.7 Å². The number of carbonyl (C=O) groups is 1. The number of hydrogen-bond donors (Lipinski definition) is 2. The molecule has 0 saturated carbocycles. The molecule has 1 aliphatic rings. The number of pyridine rings is 1. The van der Waals surface area contributed by atoms with Crippen LogP contribution in [0.2, 0.25) is 5.02 Å². The van der Waals surface area contributed by atoms with Gasteiger partial charge in [0.05, 0.1) is 5.02 Å². The predicted octanol–water partition coefficient (Wildman–Crippen LogP) is 4.32. The maximum Gasteiger partial charge on any atom is 0.411 e. The van der Waals surface area contributed by atoms with E-state index in [0.29, 0.717) is 10.6 Å². The first-order valence-corrected chi connectivity index (χ1v) is 9.09. The van der Waals surface area contributed by atoms with Crippen molar-refractivity contribution in [2.45, 2.75) is 38.1 Å². The van der Waals surface area contributed by atoms with Gasteiger partial charge in [-0.15, -0.1) is 0 Å². The van der Waals surface area contributed by atoms with Crippen molar-refractivity contribution in [2.75, 3.05) is 5.32 Å². The lowest BCUT2D eigenvalue weighted by atomic mass is 9.87. The van der Waals surface area contributed by atoms with E-state index in [1.165, 1.54) is 25.3 Å². The molecule has 3 rings (SSSR count). The molecule has 0 unspecified atom stereocenters. The Morgan fingerprint density at radius 2 is 2.07 bits per heavy atom. The summed E-state index contributed by atoms with van der Waals surface area (Å²) >= 11 is 5.83. The monoisotopic (exact) mass is 444 g/mol. The van der Waals surface area contributed by atoms with Crippen LogP contribution in [0.1, 0.15) is 35.0 Å². The van der Waals surface area contributed by atoms with E-state index in [0.717, 1.165) is 6.07 Å². The van der Waals surface area contributed by atoms with Gasteiger partial charge in [0, 0.05) is 23.9 Å². The number of alkyl halides is 3. The Balaban J connectivity index is 1.92. The molecular weight excluding hydrogens is 428 g/mol. The first-order chi connectivity index (χ1) is 13.9. The van der Waals surface area contributed by atoms with Crippen LogP contribution in [0.25, 0.3) is 0 Å². The third-order valence-corrected chi connectivity index (χ3v) is 4.83. The standard InChI is InChI=1S/C19H17ClF4N4O2/c1-9-5-10(20)8-26-15(9)16(29)27-11-3-4-13(21)12(6-11)18(2)7-14(19(22,23)24)28-17(25)30-18/h3-6,8,14H,7H2,1-2H3,(H2,25,28)(H,27,29)/t14-,18-/m0/s1. The van der Waals surface area contributed by atoms with Gasteiger partial charge in [-0.05, 0) is 43.7 Å². The van der Waals surface area contributed by atoms with Crippen LogP contribution in [0.5, 0.6) is 0 Å². The summed E-state index contributed by atoms with van der Waals surface area (Å²) in [6.07, 6.45) is -4.05. The second kappa shape index (κ2) is 7.75. The molecule has 0 radical (unpaired) electrons. The fourth-order valence-electron chi connectivity index (χ4n) is 3.20. The van der Waals surface area contributed by atoms with Crippen LogP contribution in [0.4, 0.5) is 23.2 Å². The smallest absolute Gasteiger partial charge is 0.411 e. The van der Waals surface area contributed by atoms with E-state index in [9.17, 15) is 22.4 Å². The third kappa shape index (κ3) is 4.48. The molecule has 1 aliphatic heterocycles. The number of aromatic nitrogens is 1. The molecule has 0 saturated heterocycles. The van der Waals surface area contributed by atoms with Crippen LogP contribution in [0, 0.1) is 12.7 Å². The van der Waals surface area contributed by atoms with Gasteiger partial charge in [-0.2, -0.15) is 13.2 Å². The molecule has 11 heteroatoms. The van der Waals surface area contributed by atoms with Gasteiger partial charge < -0.3 is 15.8 Å². The minimum atomic E-state index is -4.67. The minimum Gasteiger partial charge on any atom is -0.454 e. The Morgan fingerprint density at radius 3 is 2.70 bits per heavy atom. The fourth-order valence-corrected chi connectivity index (χ4v) is 3.41. The van der Waals surface area contributed by atoms with E-state index in [1.54, 1.807) is 13.0 Å². The van der Waals surface area contributed by atoms with Crippen LogP contribution in [0.3, 0.4) is 0 Å². The summed E-state index contributed by atoms with van der Waals surface area (Å²) in [4.78, 5) is 19.7. The molecule has 0 aliphatic carbocycles.